The van der Waals surface area contributed by atoms with E-state index in [1.165, 1.54) is 0 Å². The molecule has 0 saturated heterocycles. The van der Waals surface area contributed by atoms with Gasteiger partial charge >= 0.3 is 5.97 Å². The molecule has 2 atom stereocenters. The first kappa shape index (κ1) is 2.33. The summed E-state index contributed by atoms with van der Waals surface area (Å²) in [5.41, 5.74) is 0. The van der Waals surface area contributed by atoms with Crippen LogP contribution in [0.1, 0.15) is 18.3 Å². The third kappa shape index (κ3) is 1.45. The maximum Gasteiger partial charge on any atom is 0.326 e. The molecule has 0 saturated carbocycles. The van der Waals surface area contributed by atoms with Crippen LogP contribution >= 0.6 is 0 Å². The van der Waals surface area contributed by atoms with E-state index in [4.69, 9.17) is 12.0 Å². The maximum absolute atomic E-state index is 10.7. The lowest BCUT2D eigenvalue weighted by molar-refractivity contribution is -0.139. The Bertz CT molecular complexity index is 294. The zero-order valence-corrected chi connectivity index (χ0v) is 4.53. The van der Waals surface area contributed by atoms with Gasteiger partial charge in [-0.05, 0) is 19.0 Å². The number of nitrogens with one attached hydrogen (secondary N) is 1. The highest BCUT2D eigenvalue weighted by atomic mass is 16.4. The van der Waals surface area contributed by atoms with Crippen LogP contribution in [0.5, 0.6) is 0 Å². The lowest BCUT2D eigenvalue weighted by Crippen LogP contribution is -2.34. The Morgan fingerprint density at radius 3 is 3.56 bits per heavy atom. The SMILES string of the molecule is [2H]C1C=CN([2H])C([2H])(C(=O)O)C1([2H])[2H]. The Kier molecular flexibility index (Phi) is 0.653. The van der Waals surface area contributed by atoms with Crippen LogP contribution in [0.4, 0.5) is 0 Å². The Balaban J connectivity index is 3.26. The first-order valence-electron chi connectivity index (χ1n) is 4.89. The number of hydrogen-bond donors (Lipinski definition) is 2. The van der Waals surface area contributed by atoms with Crippen LogP contribution < -0.4 is 5.31 Å². The van der Waals surface area contributed by atoms with Gasteiger partial charge in [-0.1, -0.05) is 6.08 Å². The van der Waals surface area contributed by atoms with Crippen LogP contribution in [0.3, 0.4) is 0 Å². The van der Waals surface area contributed by atoms with Crippen molar-refractivity contribution in [2.24, 2.45) is 0 Å². The van der Waals surface area contributed by atoms with Crippen molar-refractivity contribution >= 4 is 5.97 Å². The van der Waals surface area contributed by atoms with Gasteiger partial charge in [0.15, 0.2) is 1.41 Å². The summed E-state index contributed by atoms with van der Waals surface area (Å²) in [4.78, 5) is 10.7. The zero-order valence-electron chi connectivity index (χ0n) is 9.53. The fraction of sp³-hybridized carbons (Fsp3) is 0.500. The van der Waals surface area contributed by atoms with Crippen LogP contribution in [-0.4, -0.2) is 17.1 Å². The summed E-state index contributed by atoms with van der Waals surface area (Å²) in [6.45, 7) is 0. The average Bonchev–Trinajstić information content (AvgIpc) is 2.09. The molecule has 50 valence electrons. The number of carbonyl (C=O) groups is 1. The summed E-state index contributed by atoms with van der Waals surface area (Å²) >= 11 is 0. The van der Waals surface area contributed by atoms with E-state index in [0.717, 1.165) is 12.3 Å². The van der Waals surface area contributed by atoms with Crippen molar-refractivity contribution in [3.8, 4) is 0 Å². The van der Waals surface area contributed by atoms with Crippen molar-refractivity contribution in [2.45, 2.75) is 18.8 Å². The largest absolute Gasteiger partial charge is 0.480 e. The molecule has 0 amide bonds. The summed E-state index contributed by atoms with van der Waals surface area (Å²) < 4.78 is 36.5. The van der Waals surface area contributed by atoms with E-state index in [0.29, 0.717) is 0 Å². The van der Waals surface area contributed by atoms with Gasteiger partial charge in [0.2, 0.25) is 0 Å². The molecule has 9 heavy (non-hydrogen) atoms. The third-order valence-corrected chi connectivity index (χ3v) is 0.809. The van der Waals surface area contributed by atoms with Gasteiger partial charge in [0.25, 0.3) is 0 Å². The van der Waals surface area contributed by atoms with E-state index < -0.39 is 24.8 Å². The fourth-order valence-electron chi connectivity index (χ4n) is 0.442. The first-order valence-corrected chi connectivity index (χ1v) is 2.36. The molecule has 2 N–H and O–H groups in total. The van der Waals surface area contributed by atoms with Crippen molar-refractivity contribution in [1.29, 1.82) is 0 Å². The molecule has 0 aromatic heterocycles. The molecule has 0 bridgehead atoms. The minimum atomic E-state index is -2.77. The fourth-order valence-corrected chi connectivity index (χ4v) is 0.442. The van der Waals surface area contributed by atoms with Gasteiger partial charge in [-0.3, -0.25) is 0 Å². The molecule has 0 spiro atoms. The van der Waals surface area contributed by atoms with E-state index in [1.807, 2.05) is 0 Å². The minimum absolute atomic E-state index is 0.209. The highest BCUT2D eigenvalue weighted by Gasteiger charge is 2.15. The predicted molar refractivity (Wildman–Crippen MR) is 32.9 cm³/mol. The smallest absolute Gasteiger partial charge is 0.326 e. The van der Waals surface area contributed by atoms with E-state index >= 15 is 0 Å². The molecule has 0 aliphatic carbocycles. The third-order valence-electron chi connectivity index (χ3n) is 0.809. The standard InChI is InChI=1S/C6H9NO2/c8-6(9)5-3-1-2-4-7-5/h2,4-5,7H,1,3H2,(H,8,9)/i1D,3D2,5D/hD. The Labute approximate surface area is 60.5 Å². The van der Waals surface area contributed by atoms with Crippen molar-refractivity contribution in [2.75, 3.05) is 0 Å². The summed E-state index contributed by atoms with van der Waals surface area (Å²) in [5, 5.41) is 8.92. The van der Waals surface area contributed by atoms with Gasteiger partial charge in [-0.2, -0.15) is 0 Å². The molecule has 2 unspecified atom stereocenters. The van der Waals surface area contributed by atoms with Gasteiger partial charge in [0, 0.05) is 4.11 Å². The number of aliphatic carboxylic acids is 1. The van der Waals surface area contributed by atoms with Crippen molar-refractivity contribution in [1.82, 2.24) is 5.31 Å². The number of carboxylic acids is 1. The van der Waals surface area contributed by atoms with Gasteiger partial charge in [0.05, 0.1) is 1.37 Å². The van der Waals surface area contributed by atoms with E-state index in [1.54, 1.807) is 0 Å². The monoisotopic (exact) mass is 132 g/mol. The lowest BCUT2D eigenvalue weighted by atomic mass is 10.1. The second kappa shape index (κ2) is 2.53. The van der Waals surface area contributed by atoms with Gasteiger partial charge in [0.1, 0.15) is 6.02 Å². The van der Waals surface area contributed by atoms with Crippen molar-refractivity contribution in [3.63, 3.8) is 0 Å². The molecule has 3 heteroatoms. The molecule has 0 aromatic rings. The number of hydrogen-bond acceptors (Lipinski definition) is 2. The Morgan fingerprint density at radius 1 is 2.22 bits per heavy atom. The zero-order chi connectivity index (χ0) is 11.1. The summed E-state index contributed by atoms with van der Waals surface area (Å²) in [6, 6.07) is -2.77. The second-order valence-electron chi connectivity index (χ2n) is 1.44. The summed E-state index contributed by atoms with van der Waals surface area (Å²) in [7, 11) is 0. The number of rotatable bonds is 1. The normalized spacial score (nSPS) is 56.2. The summed E-state index contributed by atoms with van der Waals surface area (Å²) in [6.07, 6.45) is -2.13. The minimum Gasteiger partial charge on any atom is -0.480 e. The second-order valence-corrected chi connectivity index (χ2v) is 1.44. The van der Waals surface area contributed by atoms with E-state index in [-0.39, 0.29) is 5.31 Å². The van der Waals surface area contributed by atoms with Gasteiger partial charge in [-0.25, -0.2) is 4.79 Å². The Morgan fingerprint density at radius 2 is 3.00 bits per heavy atom. The maximum atomic E-state index is 10.7. The molecule has 1 aliphatic heterocycles. The van der Waals surface area contributed by atoms with Gasteiger partial charge in [-0.15, -0.1) is 0 Å². The van der Waals surface area contributed by atoms with Crippen LogP contribution in [0.2, 0.25) is 1.41 Å². The molecule has 1 aliphatic rings. The van der Waals surface area contributed by atoms with Crippen LogP contribution in [0.25, 0.3) is 0 Å². The summed E-state index contributed by atoms with van der Waals surface area (Å²) in [5.74, 6) is -1.78. The molecule has 0 fully saturated rings. The highest BCUT2D eigenvalue weighted by molar-refractivity contribution is 5.73. The quantitative estimate of drug-likeness (QED) is 0.540. The molecular formula is C6H9NO2. The molecule has 1 heterocycles. The van der Waals surface area contributed by atoms with Crippen LogP contribution in [-0.2, 0) is 4.79 Å². The van der Waals surface area contributed by atoms with Crippen LogP contribution in [0.15, 0.2) is 12.3 Å². The average molecular weight is 132 g/mol. The molecule has 1 rings (SSSR count). The lowest BCUT2D eigenvalue weighted by Gasteiger charge is -2.14. The van der Waals surface area contributed by atoms with Crippen molar-refractivity contribution in [3.05, 3.63) is 12.3 Å². The molecule has 0 radical (unpaired) electrons. The van der Waals surface area contributed by atoms with E-state index in [9.17, 15) is 4.79 Å². The van der Waals surface area contributed by atoms with Gasteiger partial charge < -0.3 is 10.4 Å². The van der Waals surface area contributed by atoms with E-state index in [2.05, 4.69) is 0 Å². The highest BCUT2D eigenvalue weighted by Crippen LogP contribution is 2.02. The van der Waals surface area contributed by atoms with Crippen LogP contribution in [0, 0.1) is 0 Å². The molecule has 0 aromatic carbocycles. The topological polar surface area (TPSA) is 49.3 Å². The molecule has 3 nitrogen and oxygen atoms in total. The number of carboxylic acid groups (broad SMARTS) is 1. The predicted octanol–water partition coefficient (Wildman–Crippen LogP) is 0.337. The first-order chi connectivity index (χ1) is 6.24. The van der Waals surface area contributed by atoms with Crippen molar-refractivity contribution < 1.29 is 16.8 Å². The Hall–Kier alpha value is -0.990. The molecular weight excluding hydrogens is 118 g/mol. The number of allylic oxidation sites excluding steroid dienone is 1.